The molecular formula is C20H23N3O3S. The van der Waals surface area contributed by atoms with Gasteiger partial charge in [-0.3, -0.25) is 14.5 Å². The van der Waals surface area contributed by atoms with Crippen LogP contribution in [-0.4, -0.2) is 51.3 Å². The second-order valence-electron chi connectivity index (χ2n) is 6.83. The Hall–Kier alpha value is -2.12. The van der Waals surface area contributed by atoms with Gasteiger partial charge in [0.2, 0.25) is 11.8 Å². The van der Waals surface area contributed by atoms with E-state index in [1.54, 1.807) is 11.8 Å². The molecule has 1 aromatic heterocycles. The van der Waals surface area contributed by atoms with Crippen LogP contribution in [0.25, 0.3) is 11.3 Å². The Morgan fingerprint density at radius 2 is 1.93 bits per heavy atom. The number of imidazole rings is 1. The number of likely N-dealkylation sites (tertiary alicyclic amines) is 1. The van der Waals surface area contributed by atoms with Gasteiger partial charge < -0.3 is 9.30 Å². The van der Waals surface area contributed by atoms with E-state index in [1.165, 1.54) is 4.90 Å². The Bertz CT molecular complexity index is 799. The van der Waals surface area contributed by atoms with E-state index in [2.05, 4.69) is 21.7 Å². The summed E-state index contributed by atoms with van der Waals surface area (Å²) in [5, 5.41) is 0.906. The summed E-state index contributed by atoms with van der Waals surface area (Å²) in [7, 11) is 0. The van der Waals surface area contributed by atoms with E-state index in [0.29, 0.717) is 25.1 Å². The summed E-state index contributed by atoms with van der Waals surface area (Å²) in [4.78, 5) is 29.5. The lowest BCUT2D eigenvalue weighted by Gasteiger charge is -2.17. The summed E-state index contributed by atoms with van der Waals surface area (Å²) in [5.74, 6) is 0.523. The van der Waals surface area contributed by atoms with Crippen molar-refractivity contribution in [3.8, 4) is 11.3 Å². The molecule has 1 atom stereocenters. The first-order valence-corrected chi connectivity index (χ1v) is 10.4. The first kappa shape index (κ1) is 18.3. The third-order valence-electron chi connectivity index (χ3n) is 5.00. The van der Waals surface area contributed by atoms with Crippen LogP contribution in [0.1, 0.15) is 25.7 Å². The monoisotopic (exact) mass is 385 g/mol. The summed E-state index contributed by atoms with van der Waals surface area (Å²) < 4.78 is 8.04. The standard InChI is InChI=1S/C20H23N3O3S/c24-18-8-9-19(25)22(18)10-12-27-20-21-13-17(15-5-2-1-3-6-15)23(20)14-16-7-4-11-26-16/h1-3,5-6,13,16H,4,7-12,14H2. The maximum Gasteiger partial charge on any atom is 0.229 e. The zero-order valence-electron chi connectivity index (χ0n) is 15.2. The molecule has 2 amide bonds. The van der Waals surface area contributed by atoms with Crippen molar-refractivity contribution in [1.82, 2.24) is 14.5 Å². The highest BCUT2D eigenvalue weighted by atomic mass is 32.2. The number of hydrogen-bond donors (Lipinski definition) is 0. The van der Waals surface area contributed by atoms with Gasteiger partial charge in [0.25, 0.3) is 0 Å². The van der Waals surface area contributed by atoms with Crippen molar-refractivity contribution < 1.29 is 14.3 Å². The number of ether oxygens (including phenoxy) is 1. The van der Waals surface area contributed by atoms with Crippen molar-refractivity contribution in [2.45, 2.75) is 43.5 Å². The van der Waals surface area contributed by atoms with Crippen molar-refractivity contribution in [2.24, 2.45) is 0 Å². The highest BCUT2D eigenvalue weighted by molar-refractivity contribution is 7.99. The van der Waals surface area contributed by atoms with E-state index < -0.39 is 0 Å². The second-order valence-corrected chi connectivity index (χ2v) is 7.89. The van der Waals surface area contributed by atoms with E-state index in [1.807, 2.05) is 24.4 Å². The van der Waals surface area contributed by atoms with Crippen LogP contribution in [0, 0.1) is 0 Å². The van der Waals surface area contributed by atoms with Crippen LogP contribution in [0.5, 0.6) is 0 Å². The Balaban J connectivity index is 1.50. The molecule has 2 aromatic rings. The maximum absolute atomic E-state index is 11.8. The predicted octanol–water partition coefficient (Wildman–Crippen LogP) is 2.97. The van der Waals surface area contributed by atoms with Gasteiger partial charge in [0.05, 0.1) is 24.5 Å². The van der Waals surface area contributed by atoms with Crippen LogP contribution >= 0.6 is 11.8 Å². The largest absolute Gasteiger partial charge is 0.376 e. The van der Waals surface area contributed by atoms with E-state index in [-0.39, 0.29) is 17.9 Å². The predicted molar refractivity (Wildman–Crippen MR) is 103 cm³/mol. The molecule has 3 heterocycles. The first-order valence-electron chi connectivity index (χ1n) is 9.41. The van der Waals surface area contributed by atoms with Crippen LogP contribution in [0.2, 0.25) is 0 Å². The van der Waals surface area contributed by atoms with Crippen LogP contribution < -0.4 is 0 Å². The summed E-state index contributed by atoms with van der Waals surface area (Å²) in [6.45, 7) is 2.03. The Morgan fingerprint density at radius 1 is 1.15 bits per heavy atom. The van der Waals surface area contributed by atoms with Gasteiger partial charge in [-0.25, -0.2) is 4.98 Å². The SMILES string of the molecule is O=C1CCC(=O)N1CCSc1ncc(-c2ccccc2)n1CC1CCCO1. The number of aromatic nitrogens is 2. The molecule has 2 aliphatic heterocycles. The summed E-state index contributed by atoms with van der Waals surface area (Å²) in [5.41, 5.74) is 2.20. The molecule has 2 fully saturated rings. The molecule has 2 saturated heterocycles. The summed E-state index contributed by atoms with van der Waals surface area (Å²) in [6.07, 6.45) is 4.96. The van der Waals surface area contributed by atoms with Crippen molar-refractivity contribution in [2.75, 3.05) is 18.9 Å². The normalized spacial score (nSPS) is 20.0. The van der Waals surface area contributed by atoms with Crippen molar-refractivity contribution in [1.29, 1.82) is 0 Å². The van der Waals surface area contributed by atoms with Gasteiger partial charge in [-0.1, -0.05) is 42.1 Å². The number of thioether (sulfide) groups is 1. The van der Waals surface area contributed by atoms with E-state index >= 15 is 0 Å². The highest BCUT2D eigenvalue weighted by Gasteiger charge is 2.28. The van der Waals surface area contributed by atoms with Gasteiger partial charge >= 0.3 is 0 Å². The minimum atomic E-state index is -0.0618. The van der Waals surface area contributed by atoms with E-state index in [4.69, 9.17) is 4.74 Å². The molecule has 0 radical (unpaired) electrons. The van der Waals surface area contributed by atoms with Gasteiger partial charge in [-0.05, 0) is 18.4 Å². The quantitative estimate of drug-likeness (QED) is 0.542. The molecule has 0 saturated carbocycles. The van der Waals surface area contributed by atoms with E-state index in [9.17, 15) is 9.59 Å². The average molecular weight is 385 g/mol. The lowest BCUT2D eigenvalue weighted by molar-refractivity contribution is -0.137. The molecule has 142 valence electrons. The van der Waals surface area contributed by atoms with Crippen molar-refractivity contribution in [3.63, 3.8) is 0 Å². The smallest absolute Gasteiger partial charge is 0.229 e. The molecule has 27 heavy (non-hydrogen) atoms. The van der Waals surface area contributed by atoms with Crippen LogP contribution in [0.3, 0.4) is 0 Å². The molecule has 7 heteroatoms. The molecular weight excluding hydrogens is 362 g/mol. The molecule has 0 spiro atoms. The van der Waals surface area contributed by atoms with Crippen molar-refractivity contribution in [3.05, 3.63) is 36.5 Å². The number of amides is 2. The van der Waals surface area contributed by atoms with Crippen LogP contribution in [-0.2, 0) is 20.9 Å². The molecule has 1 unspecified atom stereocenters. The van der Waals surface area contributed by atoms with E-state index in [0.717, 1.165) is 42.4 Å². The summed E-state index contributed by atoms with van der Waals surface area (Å²) >= 11 is 1.59. The average Bonchev–Trinajstić information content (AvgIpc) is 3.41. The zero-order chi connectivity index (χ0) is 18.6. The van der Waals surface area contributed by atoms with Crippen molar-refractivity contribution >= 4 is 23.6 Å². The molecule has 1 aromatic carbocycles. The van der Waals surface area contributed by atoms with Crippen LogP contribution in [0.4, 0.5) is 0 Å². The van der Waals surface area contributed by atoms with Gasteiger partial charge in [-0.15, -0.1) is 0 Å². The maximum atomic E-state index is 11.8. The number of hydrogen-bond acceptors (Lipinski definition) is 5. The van der Waals surface area contributed by atoms with Gasteiger partial charge in [0.1, 0.15) is 0 Å². The number of carbonyl (C=O) groups excluding carboxylic acids is 2. The Labute approximate surface area is 162 Å². The Kier molecular flexibility index (Phi) is 5.59. The zero-order valence-corrected chi connectivity index (χ0v) is 16.0. The first-order chi connectivity index (χ1) is 13.2. The highest BCUT2D eigenvalue weighted by Crippen LogP contribution is 2.28. The number of benzene rings is 1. The molecule has 4 rings (SSSR count). The third kappa shape index (κ3) is 4.09. The molecule has 2 aliphatic rings. The molecule has 6 nitrogen and oxygen atoms in total. The lowest BCUT2D eigenvalue weighted by Crippen LogP contribution is -2.31. The summed E-state index contributed by atoms with van der Waals surface area (Å²) in [6, 6.07) is 10.2. The number of nitrogens with zero attached hydrogens (tertiary/aromatic N) is 3. The number of imide groups is 1. The minimum Gasteiger partial charge on any atom is -0.376 e. The fourth-order valence-electron chi connectivity index (χ4n) is 3.58. The fourth-order valence-corrected chi connectivity index (χ4v) is 4.49. The molecule has 0 bridgehead atoms. The third-order valence-corrected chi connectivity index (χ3v) is 5.97. The van der Waals surface area contributed by atoms with Crippen LogP contribution in [0.15, 0.2) is 41.7 Å². The molecule has 0 aliphatic carbocycles. The number of rotatable bonds is 7. The lowest BCUT2D eigenvalue weighted by atomic mass is 10.1. The minimum absolute atomic E-state index is 0.0618. The van der Waals surface area contributed by atoms with Gasteiger partial charge in [0, 0.05) is 31.7 Å². The Morgan fingerprint density at radius 3 is 2.63 bits per heavy atom. The second kappa shape index (κ2) is 8.27. The van der Waals surface area contributed by atoms with Gasteiger partial charge in [-0.2, -0.15) is 0 Å². The number of carbonyl (C=O) groups is 2. The fraction of sp³-hybridized carbons (Fsp3) is 0.450. The molecule has 0 N–H and O–H groups in total. The topological polar surface area (TPSA) is 64.4 Å². The van der Waals surface area contributed by atoms with Gasteiger partial charge in [0.15, 0.2) is 5.16 Å².